The number of hydrogen-bond acceptors (Lipinski definition) is 6. The van der Waals surface area contributed by atoms with Crippen molar-refractivity contribution in [2.45, 2.75) is 0 Å². The number of amides is 2. The standard InChI is InChI=1S/C24H18ClN3O5/c1-32-21-12-17(27-24(31)22-11-14-4-2-3-5-20(14)33-22)8-6-16(21)13-26-28-23(30)15-7-9-19(29)18(25)10-15/h2-13,29H,1H3,(H,27,31)(H,28,30)/b26-13+. The number of nitrogens with zero attached hydrogens (tertiary/aromatic N) is 1. The average Bonchev–Trinajstić information content (AvgIpc) is 3.26. The van der Waals surface area contributed by atoms with Gasteiger partial charge >= 0.3 is 0 Å². The molecule has 1 heterocycles. The first-order chi connectivity index (χ1) is 15.9. The molecule has 0 aliphatic heterocycles. The van der Waals surface area contributed by atoms with Gasteiger partial charge in [-0.1, -0.05) is 29.8 Å². The Bertz CT molecular complexity index is 1350. The van der Waals surface area contributed by atoms with E-state index in [0.717, 1.165) is 5.39 Å². The molecule has 0 aliphatic rings. The number of phenols is 1. The van der Waals surface area contributed by atoms with Gasteiger partial charge in [0.2, 0.25) is 0 Å². The Labute approximate surface area is 193 Å². The van der Waals surface area contributed by atoms with Gasteiger partial charge in [0, 0.05) is 28.3 Å². The van der Waals surface area contributed by atoms with Crippen LogP contribution in [-0.4, -0.2) is 30.2 Å². The first kappa shape index (κ1) is 21.9. The molecule has 0 aliphatic carbocycles. The zero-order chi connectivity index (χ0) is 23.4. The van der Waals surface area contributed by atoms with Crippen molar-refractivity contribution in [2.24, 2.45) is 5.10 Å². The fraction of sp³-hybridized carbons (Fsp3) is 0.0417. The van der Waals surface area contributed by atoms with E-state index in [-0.39, 0.29) is 22.1 Å². The van der Waals surface area contributed by atoms with E-state index in [9.17, 15) is 14.7 Å². The maximum absolute atomic E-state index is 12.6. The number of hydrogen-bond donors (Lipinski definition) is 3. The van der Waals surface area contributed by atoms with Crippen LogP contribution in [-0.2, 0) is 0 Å². The molecular weight excluding hydrogens is 446 g/mol. The summed E-state index contributed by atoms with van der Waals surface area (Å²) in [4.78, 5) is 24.7. The van der Waals surface area contributed by atoms with Crippen LogP contribution in [0.25, 0.3) is 11.0 Å². The molecule has 4 rings (SSSR count). The number of aromatic hydroxyl groups is 1. The van der Waals surface area contributed by atoms with Gasteiger partial charge in [0.1, 0.15) is 17.1 Å². The van der Waals surface area contributed by atoms with Gasteiger partial charge < -0.3 is 19.6 Å². The fourth-order valence-electron chi connectivity index (χ4n) is 3.06. The number of ether oxygens (including phenoxy) is 1. The molecule has 0 saturated heterocycles. The minimum absolute atomic E-state index is 0.0635. The van der Waals surface area contributed by atoms with E-state index in [1.165, 1.54) is 31.5 Å². The lowest BCUT2D eigenvalue weighted by Crippen LogP contribution is -2.17. The van der Waals surface area contributed by atoms with Crippen LogP contribution in [0.5, 0.6) is 11.5 Å². The largest absolute Gasteiger partial charge is 0.506 e. The summed E-state index contributed by atoms with van der Waals surface area (Å²) < 4.78 is 10.9. The monoisotopic (exact) mass is 463 g/mol. The number of nitrogens with one attached hydrogen (secondary N) is 2. The molecule has 33 heavy (non-hydrogen) atoms. The highest BCUT2D eigenvalue weighted by Gasteiger charge is 2.13. The summed E-state index contributed by atoms with van der Waals surface area (Å²) in [6, 6.07) is 18.1. The predicted molar refractivity (Wildman–Crippen MR) is 125 cm³/mol. The Morgan fingerprint density at radius 3 is 2.64 bits per heavy atom. The number of para-hydroxylation sites is 1. The molecule has 166 valence electrons. The highest BCUT2D eigenvalue weighted by molar-refractivity contribution is 6.32. The Hall–Kier alpha value is -4.30. The first-order valence-corrected chi connectivity index (χ1v) is 10.1. The zero-order valence-electron chi connectivity index (χ0n) is 17.3. The van der Waals surface area contributed by atoms with Gasteiger partial charge in [0.15, 0.2) is 5.76 Å². The lowest BCUT2D eigenvalue weighted by atomic mass is 10.2. The van der Waals surface area contributed by atoms with Crippen LogP contribution in [0.15, 0.2) is 76.2 Å². The quantitative estimate of drug-likeness (QED) is 0.280. The molecule has 0 fully saturated rings. The van der Waals surface area contributed by atoms with Gasteiger partial charge in [0.05, 0.1) is 18.3 Å². The highest BCUT2D eigenvalue weighted by Crippen LogP contribution is 2.25. The van der Waals surface area contributed by atoms with Crippen LogP contribution >= 0.6 is 11.6 Å². The molecule has 3 N–H and O–H groups in total. The van der Waals surface area contributed by atoms with Gasteiger partial charge in [-0.2, -0.15) is 5.10 Å². The Morgan fingerprint density at radius 2 is 1.88 bits per heavy atom. The minimum Gasteiger partial charge on any atom is -0.506 e. The molecule has 0 saturated carbocycles. The SMILES string of the molecule is COc1cc(NC(=O)c2cc3ccccc3o2)ccc1/C=N/NC(=O)c1ccc(O)c(Cl)c1. The molecule has 1 aromatic heterocycles. The van der Waals surface area contributed by atoms with Crippen molar-refractivity contribution in [1.29, 1.82) is 0 Å². The second-order valence-electron chi connectivity index (χ2n) is 6.92. The number of halogens is 1. The summed E-state index contributed by atoms with van der Waals surface area (Å²) in [6.45, 7) is 0. The maximum Gasteiger partial charge on any atom is 0.291 e. The van der Waals surface area contributed by atoms with Gasteiger partial charge in [-0.3, -0.25) is 9.59 Å². The third-order valence-electron chi connectivity index (χ3n) is 4.72. The number of benzene rings is 3. The summed E-state index contributed by atoms with van der Waals surface area (Å²) in [7, 11) is 1.48. The summed E-state index contributed by atoms with van der Waals surface area (Å²) in [6.07, 6.45) is 1.41. The summed E-state index contributed by atoms with van der Waals surface area (Å²) >= 11 is 5.82. The van der Waals surface area contributed by atoms with Crippen molar-refractivity contribution in [3.8, 4) is 11.5 Å². The Kier molecular flexibility index (Phi) is 6.28. The zero-order valence-corrected chi connectivity index (χ0v) is 18.1. The van der Waals surface area contributed by atoms with E-state index in [2.05, 4.69) is 15.8 Å². The number of anilines is 1. The topological polar surface area (TPSA) is 113 Å². The van der Waals surface area contributed by atoms with Crippen molar-refractivity contribution < 1.29 is 23.8 Å². The van der Waals surface area contributed by atoms with Crippen LogP contribution in [0.3, 0.4) is 0 Å². The fourth-order valence-corrected chi connectivity index (χ4v) is 3.24. The number of phenolic OH excluding ortho intramolecular Hbond substituents is 1. The average molecular weight is 464 g/mol. The molecule has 4 aromatic rings. The highest BCUT2D eigenvalue weighted by atomic mass is 35.5. The number of furan rings is 1. The number of fused-ring (bicyclic) bond motifs is 1. The molecule has 0 spiro atoms. The molecule has 3 aromatic carbocycles. The molecule has 0 atom stereocenters. The van der Waals surface area contributed by atoms with Crippen LogP contribution in [0.1, 0.15) is 26.5 Å². The lowest BCUT2D eigenvalue weighted by molar-refractivity contribution is 0.0954. The first-order valence-electron chi connectivity index (χ1n) is 9.74. The van der Waals surface area contributed by atoms with E-state index >= 15 is 0 Å². The van der Waals surface area contributed by atoms with E-state index in [0.29, 0.717) is 22.6 Å². The molecule has 0 radical (unpaired) electrons. The molecule has 2 amide bonds. The van der Waals surface area contributed by atoms with Gasteiger partial charge in [0.25, 0.3) is 11.8 Å². The molecule has 0 bridgehead atoms. The van der Waals surface area contributed by atoms with Crippen molar-refractivity contribution in [2.75, 3.05) is 12.4 Å². The number of rotatable bonds is 6. The summed E-state index contributed by atoms with van der Waals surface area (Å²) in [5.41, 5.74) is 4.32. The van der Waals surface area contributed by atoms with E-state index in [1.54, 1.807) is 30.3 Å². The number of methoxy groups -OCH3 is 1. The van der Waals surface area contributed by atoms with Crippen molar-refractivity contribution in [3.63, 3.8) is 0 Å². The van der Waals surface area contributed by atoms with E-state index in [1.807, 2.05) is 18.2 Å². The number of hydrazone groups is 1. The van der Waals surface area contributed by atoms with Gasteiger partial charge in [-0.25, -0.2) is 5.43 Å². The van der Waals surface area contributed by atoms with E-state index < -0.39 is 11.8 Å². The second kappa shape index (κ2) is 9.46. The van der Waals surface area contributed by atoms with Crippen molar-refractivity contribution in [3.05, 3.63) is 88.6 Å². The summed E-state index contributed by atoms with van der Waals surface area (Å²) in [5, 5.41) is 17.0. The van der Waals surface area contributed by atoms with Gasteiger partial charge in [-0.05, 0) is 42.5 Å². The Balaban J connectivity index is 1.44. The second-order valence-corrected chi connectivity index (χ2v) is 7.33. The lowest BCUT2D eigenvalue weighted by Gasteiger charge is -2.09. The van der Waals surface area contributed by atoms with Crippen LogP contribution in [0.2, 0.25) is 5.02 Å². The molecular formula is C24H18ClN3O5. The molecule has 8 nitrogen and oxygen atoms in total. The number of carbonyl (C=O) groups is 2. The third-order valence-corrected chi connectivity index (χ3v) is 5.02. The normalized spacial score (nSPS) is 11.0. The Morgan fingerprint density at radius 1 is 1.06 bits per heavy atom. The van der Waals surface area contributed by atoms with E-state index in [4.69, 9.17) is 20.8 Å². The van der Waals surface area contributed by atoms with Crippen LogP contribution in [0.4, 0.5) is 5.69 Å². The molecule has 9 heteroatoms. The summed E-state index contributed by atoms with van der Waals surface area (Å²) in [5.74, 6) is -0.383. The third kappa shape index (κ3) is 4.97. The van der Waals surface area contributed by atoms with Crippen LogP contribution < -0.4 is 15.5 Å². The van der Waals surface area contributed by atoms with Crippen LogP contribution in [0, 0.1) is 0 Å². The van der Waals surface area contributed by atoms with Crippen molar-refractivity contribution in [1.82, 2.24) is 5.43 Å². The maximum atomic E-state index is 12.6. The predicted octanol–water partition coefficient (Wildman–Crippen LogP) is 4.82. The minimum atomic E-state index is -0.498. The van der Waals surface area contributed by atoms with Crippen molar-refractivity contribution >= 4 is 46.3 Å². The number of carbonyl (C=O) groups excluding carboxylic acids is 2. The smallest absolute Gasteiger partial charge is 0.291 e. The molecule has 0 unspecified atom stereocenters. The van der Waals surface area contributed by atoms with Gasteiger partial charge in [-0.15, -0.1) is 0 Å².